The SMILES string of the molecule is NC(=O)NN=Cc1ccc(OC(F)F)cc1. The molecule has 0 radical (unpaired) electrons. The van der Waals surface area contributed by atoms with Gasteiger partial charge in [-0.05, 0) is 29.8 Å². The molecule has 1 aromatic rings. The summed E-state index contributed by atoms with van der Waals surface area (Å²) in [6.45, 7) is -2.85. The highest BCUT2D eigenvalue weighted by atomic mass is 19.3. The van der Waals surface area contributed by atoms with Crippen molar-refractivity contribution < 1.29 is 18.3 Å². The average molecular weight is 229 g/mol. The number of carbonyl (C=O) groups excluding carboxylic acids is 1. The Kier molecular flexibility index (Phi) is 4.19. The summed E-state index contributed by atoms with van der Waals surface area (Å²) in [5.74, 6) is 0.0509. The molecule has 0 fully saturated rings. The van der Waals surface area contributed by atoms with E-state index in [2.05, 4.69) is 9.84 Å². The summed E-state index contributed by atoms with van der Waals surface area (Å²) >= 11 is 0. The van der Waals surface area contributed by atoms with Gasteiger partial charge in [-0.3, -0.25) is 0 Å². The first-order valence-corrected chi connectivity index (χ1v) is 4.21. The highest BCUT2D eigenvalue weighted by molar-refractivity contribution is 5.81. The van der Waals surface area contributed by atoms with Crippen LogP contribution in [0.15, 0.2) is 29.4 Å². The van der Waals surface area contributed by atoms with Gasteiger partial charge in [-0.15, -0.1) is 0 Å². The number of carbonyl (C=O) groups is 1. The van der Waals surface area contributed by atoms with Gasteiger partial charge in [-0.1, -0.05) is 0 Å². The van der Waals surface area contributed by atoms with Gasteiger partial charge in [-0.2, -0.15) is 13.9 Å². The number of primary amides is 1. The summed E-state index contributed by atoms with van der Waals surface area (Å²) < 4.78 is 27.7. The molecular formula is C9H9F2N3O2. The van der Waals surface area contributed by atoms with E-state index in [0.717, 1.165) is 0 Å². The molecule has 0 aliphatic heterocycles. The number of hydrazone groups is 1. The third kappa shape index (κ3) is 4.36. The van der Waals surface area contributed by atoms with E-state index in [9.17, 15) is 13.6 Å². The van der Waals surface area contributed by atoms with Gasteiger partial charge in [-0.25, -0.2) is 10.2 Å². The van der Waals surface area contributed by atoms with E-state index < -0.39 is 12.6 Å². The van der Waals surface area contributed by atoms with Crippen LogP contribution in [0.1, 0.15) is 5.56 Å². The number of urea groups is 1. The van der Waals surface area contributed by atoms with Crippen molar-refractivity contribution in [3.8, 4) is 5.75 Å². The molecule has 0 aliphatic carbocycles. The second-order valence-electron chi connectivity index (χ2n) is 2.68. The molecular weight excluding hydrogens is 220 g/mol. The number of nitrogens with two attached hydrogens (primary N) is 1. The zero-order valence-electron chi connectivity index (χ0n) is 8.06. The third-order valence-corrected chi connectivity index (χ3v) is 1.49. The largest absolute Gasteiger partial charge is 0.435 e. The lowest BCUT2D eigenvalue weighted by Crippen LogP contribution is -2.24. The molecule has 0 aliphatic rings. The number of rotatable bonds is 4. The smallest absolute Gasteiger partial charge is 0.387 e. The van der Waals surface area contributed by atoms with E-state index in [1.54, 1.807) is 0 Å². The lowest BCUT2D eigenvalue weighted by molar-refractivity contribution is -0.0498. The second-order valence-corrected chi connectivity index (χ2v) is 2.68. The van der Waals surface area contributed by atoms with Crippen LogP contribution in [-0.2, 0) is 0 Å². The Morgan fingerprint density at radius 3 is 2.56 bits per heavy atom. The molecule has 86 valence electrons. The normalized spacial score (nSPS) is 10.7. The number of nitrogens with zero attached hydrogens (tertiary/aromatic N) is 1. The predicted molar refractivity (Wildman–Crippen MR) is 53.4 cm³/mol. The molecule has 2 amide bonds. The second kappa shape index (κ2) is 5.64. The third-order valence-electron chi connectivity index (χ3n) is 1.49. The van der Waals surface area contributed by atoms with Crippen LogP contribution in [0.25, 0.3) is 0 Å². The zero-order chi connectivity index (χ0) is 12.0. The van der Waals surface area contributed by atoms with Crippen molar-refractivity contribution in [3.05, 3.63) is 29.8 Å². The molecule has 3 N–H and O–H groups in total. The molecule has 0 atom stereocenters. The fraction of sp³-hybridized carbons (Fsp3) is 0.111. The number of hydrogen-bond acceptors (Lipinski definition) is 3. The van der Waals surface area contributed by atoms with E-state index in [0.29, 0.717) is 5.56 Å². The summed E-state index contributed by atoms with van der Waals surface area (Å²) in [6, 6.07) is 4.94. The van der Waals surface area contributed by atoms with Crippen molar-refractivity contribution in [3.63, 3.8) is 0 Å². The lowest BCUT2D eigenvalue weighted by atomic mass is 10.2. The molecule has 0 saturated carbocycles. The predicted octanol–water partition coefficient (Wildman–Crippen LogP) is 1.29. The van der Waals surface area contributed by atoms with Crippen molar-refractivity contribution >= 4 is 12.2 Å². The minimum Gasteiger partial charge on any atom is -0.435 e. The molecule has 0 aromatic heterocycles. The van der Waals surface area contributed by atoms with Gasteiger partial charge < -0.3 is 10.5 Å². The number of benzene rings is 1. The lowest BCUT2D eigenvalue weighted by Gasteiger charge is -2.03. The van der Waals surface area contributed by atoms with Crippen molar-refractivity contribution in [2.45, 2.75) is 6.61 Å². The zero-order valence-corrected chi connectivity index (χ0v) is 8.06. The quantitative estimate of drug-likeness (QED) is 0.602. The summed E-state index contributed by atoms with van der Waals surface area (Å²) in [7, 11) is 0. The van der Waals surface area contributed by atoms with Crippen molar-refractivity contribution in [1.29, 1.82) is 0 Å². The summed E-state index contributed by atoms with van der Waals surface area (Å²) in [4.78, 5) is 10.3. The first-order chi connectivity index (χ1) is 7.58. The average Bonchev–Trinajstić information content (AvgIpc) is 2.19. The molecule has 1 aromatic carbocycles. The van der Waals surface area contributed by atoms with Crippen molar-refractivity contribution in [2.75, 3.05) is 0 Å². The molecule has 0 bridgehead atoms. The van der Waals surface area contributed by atoms with E-state index >= 15 is 0 Å². The standard InChI is InChI=1S/C9H9F2N3O2/c10-8(11)16-7-3-1-6(2-4-7)5-13-14-9(12)15/h1-5,8H,(H3,12,14,15). The number of amides is 2. The molecule has 16 heavy (non-hydrogen) atoms. The number of ether oxygens (including phenoxy) is 1. The maximum absolute atomic E-state index is 11.8. The Morgan fingerprint density at radius 2 is 2.06 bits per heavy atom. The minimum atomic E-state index is -2.85. The van der Waals surface area contributed by atoms with Crippen LogP contribution in [0.4, 0.5) is 13.6 Å². The minimum absolute atomic E-state index is 0.0509. The van der Waals surface area contributed by atoms with Crippen molar-refractivity contribution in [1.82, 2.24) is 5.43 Å². The molecule has 7 heteroatoms. The number of nitrogens with one attached hydrogen (secondary N) is 1. The Labute approximate surface area is 89.9 Å². The van der Waals surface area contributed by atoms with Crippen LogP contribution in [0, 0.1) is 0 Å². The number of hydrogen-bond donors (Lipinski definition) is 2. The summed E-state index contributed by atoms with van der Waals surface area (Å²) in [5, 5.41) is 3.49. The highest BCUT2D eigenvalue weighted by Gasteiger charge is 2.02. The Balaban J connectivity index is 2.57. The fourth-order valence-electron chi connectivity index (χ4n) is 0.906. The Morgan fingerprint density at radius 1 is 1.44 bits per heavy atom. The molecule has 0 unspecified atom stereocenters. The van der Waals surface area contributed by atoms with E-state index in [1.165, 1.54) is 30.5 Å². The Hall–Kier alpha value is -2.18. The Bertz CT molecular complexity index is 379. The molecule has 1 rings (SSSR count). The van der Waals surface area contributed by atoms with Crippen LogP contribution in [0.5, 0.6) is 5.75 Å². The summed E-state index contributed by atoms with van der Waals surface area (Å²) in [5.41, 5.74) is 7.37. The van der Waals surface area contributed by atoms with Gasteiger partial charge in [0.1, 0.15) is 5.75 Å². The van der Waals surface area contributed by atoms with Gasteiger partial charge in [0.05, 0.1) is 6.21 Å². The van der Waals surface area contributed by atoms with E-state index in [-0.39, 0.29) is 5.75 Å². The molecule has 0 heterocycles. The van der Waals surface area contributed by atoms with Gasteiger partial charge in [0.15, 0.2) is 0 Å². The highest BCUT2D eigenvalue weighted by Crippen LogP contribution is 2.13. The van der Waals surface area contributed by atoms with E-state index in [4.69, 9.17) is 5.73 Å². The summed E-state index contributed by atoms with van der Waals surface area (Å²) in [6.07, 6.45) is 1.32. The first-order valence-electron chi connectivity index (χ1n) is 4.21. The molecule has 0 spiro atoms. The molecule has 5 nitrogen and oxygen atoms in total. The van der Waals surface area contributed by atoms with Gasteiger partial charge in [0.2, 0.25) is 0 Å². The number of alkyl halides is 2. The van der Waals surface area contributed by atoms with Gasteiger partial charge in [0.25, 0.3) is 0 Å². The first kappa shape index (κ1) is 11.9. The van der Waals surface area contributed by atoms with Crippen LogP contribution in [0.2, 0.25) is 0 Å². The van der Waals surface area contributed by atoms with Crippen LogP contribution in [0.3, 0.4) is 0 Å². The van der Waals surface area contributed by atoms with E-state index in [1.807, 2.05) is 5.43 Å². The molecule has 0 saturated heterocycles. The maximum atomic E-state index is 11.8. The van der Waals surface area contributed by atoms with Gasteiger partial charge in [0, 0.05) is 0 Å². The topological polar surface area (TPSA) is 76.7 Å². The van der Waals surface area contributed by atoms with Crippen LogP contribution < -0.4 is 15.9 Å². The van der Waals surface area contributed by atoms with Gasteiger partial charge >= 0.3 is 12.6 Å². The fourth-order valence-corrected chi connectivity index (χ4v) is 0.906. The maximum Gasteiger partial charge on any atom is 0.387 e. The number of halogens is 2. The monoisotopic (exact) mass is 229 g/mol. The van der Waals surface area contributed by atoms with Crippen molar-refractivity contribution in [2.24, 2.45) is 10.8 Å². The van der Waals surface area contributed by atoms with Crippen LogP contribution >= 0.6 is 0 Å². The van der Waals surface area contributed by atoms with Crippen LogP contribution in [-0.4, -0.2) is 18.9 Å².